The molecule has 0 aromatic rings. The van der Waals surface area contributed by atoms with Gasteiger partial charge in [-0.3, -0.25) is 4.99 Å². The van der Waals surface area contributed by atoms with E-state index in [1.807, 2.05) is 0 Å². The Balaban J connectivity index is 1.75. The van der Waals surface area contributed by atoms with Crippen LogP contribution < -0.4 is 11.1 Å². The van der Waals surface area contributed by atoms with Crippen LogP contribution >= 0.6 is 0 Å². The molecule has 0 amide bonds. The lowest BCUT2D eigenvalue weighted by atomic mass is 9.86. The van der Waals surface area contributed by atoms with Crippen molar-refractivity contribution in [3.8, 4) is 0 Å². The summed E-state index contributed by atoms with van der Waals surface area (Å²) in [5.41, 5.74) is 5.75. The average Bonchev–Trinajstić information content (AvgIpc) is 2.25. The van der Waals surface area contributed by atoms with Gasteiger partial charge in [0.25, 0.3) is 0 Å². The van der Waals surface area contributed by atoms with Crippen molar-refractivity contribution in [2.75, 3.05) is 18.8 Å². The fraction of sp³-hybridized carbons (Fsp3) is 0.917. The van der Waals surface area contributed by atoms with Gasteiger partial charge in [-0.2, -0.15) is 0 Å². The number of sulfone groups is 1. The van der Waals surface area contributed by atoms with Crippen molar-refractivity contribution in [3.05, 3.63) is 0 Å². The molecule has 1 unspecified atom stereocenters. The summed E-state index contributed by atoms with van der Waals surface area (Å²) in [5.74, 6) is 1.39. The molecule has 1 aliphatic heterocycles. The Hall–Kier alpha value is -0.780. The molecule has 18 heavy (non-hydrogen) atoms. The van der Waals surface area contributed by atoms with E-state index in [1.54, 1.807) is 0 Å². The van der Waals surface area contributed by atoms with Crippen LogP contribution in [-0.4, -0.2) is 38.5 Å². The summed E-state index contributed by atoms with van der Waals surface area (Å²) in [5, 5.41) is 2.67. The van der Waals surface area contributed by atoms with Gasteiger partial charge in [-0.05, 0) is 31.6 Å². The number of nitrogens with zero attached hydrogens (tertiary/aromatic N) is 1. The van der Waals surface area contributed by atoms with Gasteiger partial charge in [0.1, 0.15) is 0 Å². The second-order valence-corrected chi connectivity index (χ2v) is 7.79. The summed E-state index contributed by atoms with van der Waals surface area (Å²) in [7, 11) is -2.92. The Kier molecular flexibility index (Phi) is 4.48. The highest BCUT2D eigenvalue weighted by Gasteiger charge is 2.28. The first-order chi connectivity index (χ1) is 8.58. The van der Waals surface area contributed by atoms with Crippen molar-refractivity contribution in [1.29, 1.82) is 0 Å². The normalized spacial score (nSPS) is 28.7. The van der Waals surface area contributed by atoms with Crippen LogP contribution in [0.5, 0.6) is 0 Å². The maximum absolute atomic E-state index is 11.8. The lowest BCUT2D eigenvalue weighted by molar-refractivity contribution is 0.326. The van der Waals surface area contributed by atoms with E-state index in [-0.39, 0.29) is 5.25 Å². The highest BCUT2D eigenvalue weighted by atomic mass is 32.2. The average molecular weight is 273 g/mol. The molecule has 104 valence electrons. The van der Waals surface area contributed by atoms with Gasteiger partial charge >= 0.3 is 0 Å². The zero-order valence-electron chi connectivity index (χ0n) is 10.8. The predicted molar refractivity (Wildman–Crippen MR) is 73.3 cm³/mol. The number of guanidine groups is 1. The van der Waals surface area contributed by atoms with E-state index in [0.29, 0.717) is 24.2 Å². The molecule has 0 radical (unpaired) electrons. The number of hydrogen-bond donors (Lipinski definition) is 2. The van der Waals surface area contributed by atoms with Crippen LogP contribution in [0.1, 0.15) is 38.5 Å². The summed E-state index contributed by atoms with van der Waals surface area (Å²) in [6.45, 7) is 1.18. The highest BCUT2D eigenvalue weighted by Crippen LogP contribution is 2.26. The van der Waals surface area contributed by atoms with Gasteiger partial charge in [0.05, 0.1) is 11.0 Å². The van der Waals surface area contributed by atoms with Crippen molar-refractivity contribution in [2.24, 2.45) is 16.6 Å². The molecule has 0 aromatic carbocycles. The first-order valence-electron chi connectivity index (χ1n) is 6.83. The van der Waals surface area contributed by atoms with Gasteiger partial charge in [0.15, 0.2) is 15.8 Å². The zero-order valence-corrected chi connectivity index (χ0v) is 11.6. The minimum absolute atomic E-state index is 0.288. The molecular formula is C12H23N3O2S. The van der Waals surface area contributed by atoms with E-state index in [4.69, 9.17) is 5.73 Å². The standard InChI is InChI=1S/C12H23N3O2S/c13-12(14-8-10-4-3-5-10)15-9-11-6-1-2-7-18(11,16)17/h10-11H,1-9H2,(H3,13,14,15). The summed E-state index contributed by atoms with van der Waals surface area (Å²) in [4.78, 5) is 4.27. The molecule has 2 rings (SSSR count). The van der Waals surface area contributed by atoms with Crippen molar-refractivity contribution in [1.82, 2.24) is 5.32 Å². The largest absolute Gasteiger partial charge is 0.370 e. The van der Waals surface area contributed by atoms with Crippen LogP contribution in [0.25, 0.3) is 0 Å². The molecule has 0 aromatic heterocycles. The fourth-order valence-corrected chi connectivity index (χ4v) is 4.23. The van der Waals surface area contributed by atoms with E-state index in [1.165, 1.54) is 19.3 Å². The first-order valence-corrected chi connectivity index (χ1v) is 8.55. The number of nitrogens with one attached hydrogen (secondary N) is 1. The molecule has 1 saturated carbocycles. The van der Waals surface area contributed by atoms with Crippen LogP contribution in [0, 0.1) is 5.92 Å². The monoisotopic (exact) mass is 273 g/mol. The number of hydrogen-bond acceptors (Lipinski definition) is 3. The third kappa shape index (κ3) is 3.60. The Morgan fingerprint density at radius 3 is 2.61 bits per heavy atom. The Bertz CT molecular complexity index is 402. The Morgan fingerprint density at radius 1 is 1.22 bits per heavy atom. The van der Waals surface area contributed by atoms with Gasteiger partial charge in [-0.1, -0.05) is 12.8 Å². The van der Waals surface area contributed by atoms with Crippen LogP contribution in [0.15, 0.2) is 4.99 Å². The van der Waals surface area contributed by atoms with Crippen LogP contribution in [0.2, 0.25) is 0 Å². The molecule has 2 fully saturated rings. The summed E-state index contributed by atoms with van der Waals surface area (Å²) < 4.78 is 23.6. The molecule has 0 bridgehead atoms. The highest BCUT2D eigenvalue weighted by molar-refractivity contribution is 7.92. The van der Waals surface area contributed by atoms with Crippen molar-refractivity contribution in [2.45, 2.75) is 43.8 Å². The molecule has 1 heterocycles. The number of aliphatic imine (C=N–C) groups is 1. The van der Waals surface area contributed by atoms with Crippen LogP contribution in [0.3, 0.4) is 0 Å². The molecule has 1 atom stereocenters. The van der Waals surface area contributed by atoms with Crippen LogP contribution in [0.4, 0.5) is 0 Å². The molecule has 5 nitrogen and oxygen atoms in total. The van der Waals surface area contributed by atoms with E-state index >= 15 is 0 Å². The third-order valence-corrected chi connectivity index (χ3v) is 6.24. The minimum Gasteiger partial charge on any atom is -0.370 e. The van der Waals surface area contributed by atoms with Crippen molar-refractivity contribution < 1.29 is 8.42 Å². The predicted octanol–water partition coefficient (Wildman–Crippen LogP) is 0.658. The smallest absolute Gasteiger partial charge is 0.188 e. The zero-order chi connectivity index (χ0) is 13.0. The number of nitrogens with two attached hydrogens (primary N) is 1. The second-order valence-electron chi connectivity index (χ2n) is 5.39. The maximum atomic E-state index is 11.8. The van der Waals surface area contributed by atoms with E-state index < -0.39 is 9.84 Å². The van der Waals surface area contributed by atoms with Crippen molar-refractivity contribution in [3.63, 3.8) is 0 Å². The van der Waals surface area contributed by atoms with E-state index in [0.717, 1.165) is 25.8 Å². The van der Waals surface area contributed by atoms with Gasteiger partial charge < -0.3 is 11.1 Å². The molecule has 3 N–H and O–H groups in total. The molecule has 1 saturated heterocycles. The molecular weight excluding hydrogens is 250 g/mol. The first kappa shape index (κ1) is 13.6. The van der Waals surface area contributed by atoms with Gasteiger partial charge in [-0.15, -0.1) is 0 Å². The van der Waals surface area contributed by atoms with E-state index in [2.05, 4.69) is 10.3 Å². The maximum Gasteiger partial charge on any atom is 0.188 e. The van der Waals surface area contributed by atoms with Gasteiger partial charge in [0.2, 0.25) is 0 Å². The molecule has 2 aliphatic rings. The number of rotatable bonds is 4. The third-order valence-electron chi connectivity index (χ3n) is 3.97. The SMILES string of the molecule is NC(=NCC1CCC1)NCC1CCCCS1(=O)=O. The topological polar surface area (TPSA) is 84.5 Å². The lowest BCUT2D eigenvalue weighted by Crippen LogP contribution is -2.42. The Labute approximate surface area is 109 Å². The summed E-state index contributed by atoms with van der Waals surface area (Å²) in [6.07, 6.45) is 6.31. The minimum atomic E-state index is -2.92. The molecule has 6 heteroatoms. The van der Waals surface area contributed by atoms with Gasteiger partial charge in [-0.25, -0.2) is 8.42 Å². The van der Waals surface area contributed by atoms with E-state index in [9.17, 15) is 8.42 Å². The van der Waals surface area contributed by atoms with Crippen LogP contribution in [-0.2, 0) is 9.84 Å². The Morgan fingerprint density at radius 2 is 2.00 bits per heavy atom. The summed E-state index contributed by atoms with van der Waals surface area (Å²) >= 11 is 0. The molecule has 1 aliphatic carbocycles. The van der Waals surface area contributed by atoms with Crippen molar-refractivity contribution >= 4 is 15.8 Å². The lowest BCUT2D eigenvalue weighted by Gasteiger charge is -2.24. The molecule has 0 spiro atoms. The summed E-state index contributed by atoms with van der Waals surface area (Å²) in [6, 6.07) is 0. The second kappa shape index (κ2) is 5.91. The quantitative estimate of drug-likeness (QED) is 0.582. The fourth-order valence-electron chi connectivity index (χ4n) is 2.43. The van der Waals surface area contributed by atoms with Gasteiger partial charge in [0, 0.05) is 13.1 Å².